The number of carbonyl (C=O) groups excluding carboxylic acids is 1. The maximum atomic E-state index is 12.8. The number of benzene rings is 2. The van der Waals surface area contributed by atoms with E-state index in [9.17, 15) is 13.2 Å². The minimum absolute atomic E-state index is 0.0138. The van der Waals surface area contributed by atoms with Gasteiger partial charge in [-0.3, -0.25) is 4.79 Å². The molecular formula is C24H29ClN2O3S. The van der Waals surface area contributed by atoms with Gasteiger partial charge in [0.1, 0.15) is 0 Å². The van der Waals surface area contributed by atoms with E-state index in [1.807, 2.05) is 6.92 Å². The van der Waals surface area contributed by atoms with Crippen molar-refractivity contribution in [3.63, 3.8) is 0 Å². The van der Waals surface area contributed by atoms with E-state index >= 15 is 0 Å². The van der Waals surface area contributed by atoms with Crippen LogP contribution >= 0.6 is 11.6 Å². The maximum absolute atomic E-state index is 12.8. The molecule has 2 aromatic rings. The summed E-state index contributed by atoms with van der Waals surface area (Å²) in [6, 6.07) is 13.4. The summed E-state index contributed by atoms with van der Waals surface area (Å²) in [4.78, 5) is 12.8. The van der Waals surface area contributed by atoms with Crippen molar-refractivity contribution in [1.82, 2.24) is 9.62 Å². The Kier molecular flexibility index (Phi) is 6.70. The quantitative estimate of drug-likeness (QED) is 0.700. The number of carbonyl (C=O) groups is 1. The van der Waals surface area contributed by atoms with Crippen LogP contribution in [-0.4, -0.2) is 31.7 Å². The van der Waals surface area contributed by atoms with Crippen LogP contribution in [0.2, 0.25) is 5.02 Å². The zero-order valence-corrected chi connectivity index (χ0v) is 19.4. The van der Waals surface area contributed by atoms with Crippen molar-refractivity contribution in [1.29, 1.82) is 0 Å². The van der Waals surface area contributed by atoms with Gasteiger partial charge in [-0.1, -0.05) is 41.9 Å². The lowest BCUT2D eigenvalue weighted by atomic mass is 9.96. The number of rotatable bonds is 6. The van der Waals surface area contributed by atoms with Crippen LogP contribution in [0.3, 0.4) is 0 Å². The Morgan fingerprint density at radius 1 is 1.13 bits per heavy atom. The molecule has 2 aromatic carbocycles. The number of piperidine rings is 1. The van der Waals surface area contributed by atoms with Crippen LogP contribution in [0.15, 0.2) is 42.5 Å². The fourth-order valence-corrected chi connectivity index (χ4v) is 6.36. The number of nitrogens with zero attached hydrogens (tertiary/aromatic N) is 1. The molecule has 0 aromatic heterocycles. The van der Waals surface area contributed by atoms with Crippen LogP contribution in [0.1, 0.15) is 54.5 Å². The molecule has 0 radical (unpaired) electrons. The molecule has 7 heteroatoms. The van der Waals surface area contributed by atoms with Gasteiger partial charge < -0.3 is 5.32 Å². The summed E-state index contributed by atoms with van der Waals surface area (Å²) >= 11 is 5.97. The number of amides is 1. The molecule has 1 saturated heterocycles. The van der Waals surface area contributed by atoms with E-state index in [0.29, 0.717) is 36.5 Å². The largest absolute Gasteiger partial charge is 0.349 e. The third kappa shape index (κ3) is 5.30. The smallest absolute Gasteiger partial charge is 0.223 e. The van der Waals surface area contributed by atoms with Crippen molar-refractivity contribution in [2.45, 2.75) is 50.8 Å². The molecule has 1 N–H and O–H groups in total. The van der Waals surface area contributed by atoms with Gasteiger partial charge in [0.15, 0.2) is 0 Å². The molecule has 0 saturated carbocycles. The Morgan fingerprint density at radius 3 is 2.61 bits per heavy atom. The summed E-state index contributed by atoms with van der Waals surface area (Å²) in [6.07, 6.45) is 4.55. The first kappa shape index (κ1) is 22.3. The van der Waals surface area contributed by atoms with E-state index in [1.165, 1.54) is 21.9 Å². The summed E-state index contributed by atoms with van der Waals surface area (Å²) < 4.78 is 27.1. The second-order valence-corrected chi connectivity index (χ2v) is 11.1. The molecule has 5 nitrogen and oxygen atoms in total. The fraction of sp³-hybridized carbons (Fsp3) is 0.458. The van der Waals surface area contributed by atoms with E-state index < -0.39 is 10.0 Å². The number of hydrogen-bond donors (Lipinski definition) is 1. The van der Waals surface area contributed by atoms with Gasteiger partial charge in [-0.2, -0.15) is 0 Å². The Bertz CT molecular complexity index is 1060. The van der Waals surface area contributed by atoms with Gasteiger partial charge in [0, 0.05) is 24.0 Å². The average Bonchev–Trinajstić information content (AvgIpc) is 3.21. The van der Waals surface area contributed by atoms with Gasteiger partial charge in [-0.15, -0.1) is 0 Å². The molecule has 0 unspecified atom stereocenters. The van der Waals surface area contributed by atoms with Crippen molar-refractivity contribution in [2.24, 2.45) is 5.92 Å². The molecular weight excluding hydrogens is 432 g/mol. The van der Waals surface area contributed by atoms with Crippen LogP contribution in [0.4, 0.5) is 0 Å². The normalized spacial score (nSPS) is 18.5. The zero-order valence-electron chi connectivity index (χ0n) is 17.8. The second-order valence-electron chi connectivity index (χ2n) is 8.67. The molecule has 0 spiro atoms. The first-order valence-corrected chi connectivity index (χ1v) is 12.9. The average molecular weight is 461 g/mol. The highest BCUT2D eigenvalue weighted by atomic mass is 35.5. The second kappa shape index (κ2) is 9.31. The van der Waals surface area contributed by atoms with Crippen LogP contribution in [0, 0.1) is 5.92 Å². The Labute approximate surface area is 189 Å². The molecule has 1 aliphatic heterocycles. The first-order valence-electron chi connectivity index (χ1n) is 11.0. The molecule has 1 amide bonds. The first-order chi connectivity index (χ1) is 14.8. The lowest BCUT2D eigenvalue weighted by Crippen LogP contribution is -2.43. The molecule has 31 heavy (non-hydrogen) atoms. The topological polar surface area (TPSA) is 66.5 Å². The van der Waals surface area contributed by atoms with E-state index in [1.54, 1.807) is 24.3 Å². The number of aryl methyl sites for hydroxylation is 2. The van der Waals surface area contributed by atoms with Gasteiger partial charge in [0.05, 0.1) is 11.8 Å². The lowest BCUT2D eigenvalue weighted by molar-refractivity contribution is -0.126. The van der Waals surface area contributed by atoms with Gasteiger partial charge >= 0.3 is 0 Å². The maximum Gasteiger partial charge on any atom is 0.223 e. The third-order valence-corrected chi connectivity index (χ3v) is 8.52. The predicted molar refractivity (Wildman–Crippen MR) is 123 cm³/mol. The Balaban J connectivity index is 1.31. The van der Waals surface area contributed by atoms with Crippen molar-refractivity contribution in [3.05, 3.63) is 69.7 Å². The zero-order chi connectivity index (χ0) is 22.0. The number of hydrogen-bond acceptors (Lipinski definition) is 3. The molecule has 1 aliphatic carbocycles. The van der Waals surface area contributed by atoms with Gasteiger partial charge in [0.2, 0.25) is 15.9 Å². The molecule has 1 atom stereocenters. The SMILES string of the molecule is C[C@H](NC(=O)C1CCN(S(=O)(=O)Cc2cccc(Cl)c2)CC1)c1ccc2c(c1)CCC2. The van der Waals surface area contributed by atoms with Crippen LogP contribution in [0.25, 0.3) is 0 Å². The fourth-order valence-electron chi connectivity index (χ4n) is 4.60. The third-order valence-electron chi connectivity index (χ3n) is 6.44. The van der Waals surface area contributed by atoms with E-state index in [4.69, 9.17) is 11.6 Å². The molecule has 166 valence electrons. The number of halogens is 1. The molecule has 0 bridgehead atoms. The lowest BCUT2D eigenvalue weighted by Gasteiger charge is -2.31. The Morgan fingerprint density at radius 2 is 1.87 bits per heavy atom. The van der Waals surface area contributed by atoms with Crippen LogP contribution < -0.4 is 5.32 Å². The van der Waals surface area contributed by atoms with E-state index in [-0.39, 0.29) is 23.6 Å². The summed E-state index contributed by atoms with van der Waals surface area (Å²) in [5.41, 5.74) is 4.64. The summed E-state index contributed by atoms with van der Waals surface area (Å²) in [5.74, 6) is -0.214. The standard InChI is InChI=1S/C24H29ClN2O3S/c1-17(21-9-8-19-5-3-6-22(19)15-21)26-24(28)20-10-12-27(13-11-20)31(29,30)16-18-4-2-7-23(25)14-18/h2,4,7-9,14-15,17,20H,3,5-6,10-13,16H2,1H3,(H,26,28)/t17-/m0/s1. The summed E-state index contributed by atoms with van der Waals surface area (Å²) in [7, 11) is -3.43. The number of nitrogens with one attached hydrogen (secondary N) is 1. The van der Waals surface area contributed by atoms with E-state index in [0.717, 1.165) is 18.4 Å². The highest BCUT2D eigenvalue weighted by Gasteiger charge is 2.31. The Hall–Kier alpha value is -1.89. The van der Waals surface area contributed by atoms with Crippen LogP contribution in [-0.2, 0) is 33.4 Å². The summed E-state index contributed by atoms with van der Waals surface area (Å²) in [5, 5.41) is 3.66. The number of sulfonamides is 1. The minimum atomic E-state index is -3.43. The molecule has 4 rings (SSSR count). The summed E-state index contributed by atoms with van der Waals surface area (Å²) in [6.45, 7) is 2.75. The minimum Gasteiger partial charge on any atom is -0.349 e. The van der Waals surface area contributed by atoms with Crippen LogP contribution in [0.5, 0.6) is 0 Å². The van der Waals surface area contributed by atoms with Crippen molar-refractivity contribution < 1.29 is 13.2 Å². The van der Waals surface area contributed by atoms with Gasteiger partial charge in [-0.25, -0.2) is 12.7 Å². The van der Waals surface area contributed by atoms with Crippen molar-refractivity contribution in [3.8, 4) is 0 Å². The highest BCUT2D eigenvalue weighted by Crippen LogP contribution is 2.27. The predicted octanol–water partition coefficient (Wildman–Crippen LogP) is 4.25. The molecule has 1 heterocycles. The van der Waals surface area contributed by atoms with Crippen molar-refractivity contribution >= 4 is 27.5 Å². The molecule has 1 fully saturated rings. The van der Waals surface area contributed by atoms with Gasteiger partial charge in [-0.05, 0) is 73.4 Å². The van der Waals surface area contributed by atoms with Gasteiger partial charge in [0.25, 0.3) is 0 Å². The molecule has 2 aliphatic rings. The van der Waals surface area contributed by atoms with E-state index in [2.05, 4.69) is 23.5 Å². The monoisotopic (exact) mass is 460 g/mol. The number of fused-ring (bicyclic) bond motifs is 1. The highest BCUT2D eigenvalue weighted by molar-refractivity contribution is 7.88. The van der Waals surface area contributed by atoms with Crippen molar-refractivity contribution in [2.75, 3.05) is 13.1 Å².